The molecule has 1 nitrogen and oxygen atoms in total. The number of halogens is 2. The van der Waals surface area contributed by atoms with Crippen LogP contribution in [0.1, 0.15) is 12.0 Å². The van der Waals surface area contributed by atoms with E-state index < -0.39 is 0 Å². The van der Waals surface area contributed by atoms with E-state index in [1.54, 1.807) is 18.2 Å². The molecule has 1 aromatic rings. The van der Waals surface area contributed by atoms with Gasteiger partial charge in [-0.15, -0.1) is 0 Å². The van der Waals surface area contributed by atoms with Crippen LogP contribution in [0.25, 0.3) is 6.08 Å². The Morgan fingerprint density at radius 1 is 1.46 bits per heavy atom. The zero-order valence-electron chi connectivity index (χ0n) is 7.00. The summed E-state index contributed by atoms with van der Waals surface area (Å²) in [5.41, 5.74) is 0.445. The van der Waals surface area contributed by atoms with Crippen molar-refractivity contribution in [3.63, 3.8) is 0 Å². The highest BCUT2D eigenvalue weighted by molar-refractivity contribution is 6.30. The molecule has 0 unspecified atom stereocenters. The van der Waals surface area contributed by atoms with Crippen molar-refractivity contribution in [2.45, 2.75) is 6.42 Å². The SMILES string of the molecule is OCCC=Cc1cc(Cl)ccc1F. The van der Waals surface area contributed by atoms with Gasteiger partial charge < -0.3 is 5.11 Å². The van der Waals surface area contributed by atoms with Crippen LogP contribution in [-0.4, -0.2) is 11.7 Å². The average Bonchev–Trinajstić information content (AvgIpc) is 2.11. The molecule has 1 rings (SSSR count). The lowest BCUT2D eigenvalue weighted by molar-refractivity contribution is 0.303. The minimum Gasteiger partial charge on any atom is -0.396 e. The van der Waals surface area contributed by atoms with Crippen LogP contribution in [0.3, 0.4) is 0 Å². The van der Waals surface area contributed by atoms with E-state index in [1.807, 2.05) is 0 Å². The average molecular weight is 201 g/mol. The van der Waals surface area contributed by atoms with Gasteiger partial charge in [0.15, 0.2) is 0 Å². The monoisotopic (exact) mass is 200 g/mol. The van der Waals surface area contributed by atoms with Gasteiger partial charge in [-0.25, -0.2) is 4.39 Å². The Kier molecular flexibility index (Phi) is 3.93. The molecule has 0 aliphatic rings. The van der Waals surface area contributed by atoms with E-state index >= 15 is 0 Å². The zero-order chi connectivity index (χ0) is 9.68. The number of rotatable bonds is 3. The van der Waals surface area contributed by atoms with Gasteiger partial charge >= 0.3 is 0 Å². The van der Waals surface area contributed by atoms with Gasteiger partial charge in [-0.3, -0.25) is 0 Å². The van der Waals surface area contributed by atoms with Crippen molar-refractivity contribution in [1.82, 2.24) is 0 Å². The molecular weight excluding hydrogens is 191 g/mol. The summed E-state index contributed by atoms with van der Waals surface area (Å²) < 4.78 is 13.0. The maximum atomic E-state index is 13.0. The molecular formula is C10H10ClFO. The van der Waals surface area contributed by atoms with Crippen molar-refractivity contribution in [2.75, 3.05) is 6.61 Å². The van der Waals surface area contributed by atoms with Gasteiger partial charge in [-0.2, -0.15) is 0 Å². The normalized spacial score (nSPS) is 11.0. The maximum absolute atomic E-state index is 13.0. The number of hydrogen-bond acceptors (Lipinski definition) is 1. The van der Waals surface area contributed by atoms with Gasteiger partial charge in [0.2, 0.25) is 0 Å². The van der Waals surface area contributed by atoms with Gasteiger partial charge in [-0.05, 0) is 24.6 Å². The minimum absolute atomic E-state index is 0.0681. The summed E-state index contributed by atoms with van der Waals surface area (Å²) in [4.78, 5) is 0. The van der Waals surface area contributed by atoms with Crippen LogP contribution in [0.4, 0.5) is 4.39 Å². The molecule has 0 atom stereocenters. The van der Waals surface area contributed by atoms with E-state index in [0.717, 1.165) is 0 Å². The molecule has 1 N–H and O–H groups in total. The van der Waals surface area contributed by atoms with Crippen LogP contribution >= 0.6 is 11.6 Å². The first-order valence-corrected chi connectivity index (χ1v) is 4.34. The lowest BCUT2D eigenvalue weighted by Gasteiger charge is -1.96. The molecule has 0 aliphatic carbocycles. The fourth-order valence-electron chi connectivity index (χ4n) is 0.927. The molecule has 0 amide bonds. The summed E-state index contributed by atoms with van der Waals surface area (Å²) in [6, 6.07) is 4.37. The van der Waals surface area contributed by atoms with Crippen molar-refractivity contribution >= 4 is 17.7 Å². The van der Waals surface area contributed by atoms with Gasteiger partial charge in [0.25, 0.3) is 0 Å². The van der Waals surface area contributed by atoms with E-state index in [-0.39, 0.29) is 12.4 Å². The summed E-state index contributed by atoms with van der Waals surface area (Å²) in [6.07, 6.45) is 3.83. The van der Waals surface area contributed by atoms with Gasteiger partial charge in [-0.1, -0.05) is 23.8 Å². The number of hydrogen-bond donors (Lipinski definition) is 1. The van der Waals surface area contributed by atoms with Crippen LogP contribution < -0.4 is 0 Å². The Hall–Kier alpha value is -0.860. The van der Waals surface area contributed by atoms with Gasteiger partial charge in [0.1, 0.15) is 5.82 Å². The summed E-state index contributed by atoms with van der Waals surface area (Å²) in [7, 11) is 0. The van der Waals surface area contributed by atoms with Crippen LogP contribution in [-0.2, 0) is 0 Å². The summed E-state index contributed by atoms with van der Waals surface area (Å²) >= 11 is 5.68. The van der Waals surface area contributed by atoms with Crippen LogP contribution in [0.5, 0.6) is 0 Å². The molecule has 1 aromatic carbocycles. The first kappa shape index (κ1) is 10.2. The summed E-state index contributed by atoms with van der Waals surface area (Å²) in [6.45, 7) is 0.0681. The maximum Gasteiger partial charge on any atom is 0.130 e. The number of benzene rings is 1. The predicted octanol–water partition coefficient (Wildman–Crippen LogP) is 2.87. The van der Waals surface area contributed by atoms with Crippen molar-refractivity contribution in [3.8, 4) is 0 Å². The third-order valence-electron chi connectivity index (χ3n) is 1.55. The predicted molar refractivity (Wildman–Crippen MR) is 52.1 cm³/mol. The van der Waals surface area contributed by atoms with E-state index in [1.165, 1.54) is 12.1 Å². The highest BCUT2D eigenvalue weighted by atomic mass is 35.5. The molecule has 0 bridgehead atoms. The second kappa shape index (κ2) is 5.00. The molecule has 0 spiro atoms. The molecule has 0 heterocycles. The lowest BCUT2D eigenvalue weighted by Crippen LogP contribution is -1.82. The molecule has 3 heteroatoms. The zero-order valence-corrected chi connectivity index (χ0v) is 7.76. The lowest BCUT2D eigenvalue weighted by atomic mass is 10.2. The van der Waals surface area contributed by atoms with Crippen LogP contribution in [0, 0.1) is 5.82 Å². The Labute approximate surface area is 81.5 Å². The molecule has 13 heavy (non-hydrogen) atoms. The summed E-state index contributed by atoms with van der Waals surface area (Å²) in [5, 5.41) is 9.00. The fraction of sp³-hybridized carbons (Fsp3) is 0.200. The largest absolute Gasteiger partial charge is 0.396 e. The standard InChI is InChI=1S/C10H10ClFO/c11-9-4-5-10(12)8(7-9)3-1-2-6-13/h1,3-5,7,13H,2,6H2. The quantitative estimate of drug-likeness (QED) is 0.796. The number of aliphatic hydroxyl groups is 1. The van der Waals surface area contributed by atoms with Crippen LogP contribution in [0.2, 0.25) is 5.02 Å². The Bertz CT molecular complexity index is 310. The molecule has 0 saturated carbocycles. The fourth-order valence-corrected chi connectivity index (χ4v) is 1.11. The Balaban J connectivity index is 2.81. The van der Waals surface area contributed by atoms with Gasteiger partial charge in [0.05, 0.1) is 0 Å². The number of aliphatic hydroxyl groups excluding tert-OH is 1. The molecule has 0 aromatic heterocycles. The second-order valence-electron chi connectivity index (χ2n) is 2.58. The molecule has 0 aliphatic heterocycles. The molecule has 70 valence electrons. The van der Waals surface area contributed by atoms with Crippen molar-refractivity contribution in [3.05, 3.63) is 40.7 Å². The Morgan fingerprint density at radius 3 is 2.92 bits per heavy atom. The van der Waals surface area contributed by atoms with E-state index in [2.05, 4.69) is 0 Å². The van der Waals surface area contributed by atoms with E-state index in [0.29, 0.717) is 17.0 Å². The Morgan fingerprint density at radius 2 is 2.23 bits per heavy atom. The molecule has 0 fully saturated rings. The van der Waals surface area contributed by atoms with E-state index in [9.17, 15) is 4.39 Å². The topological polar surface area (TPSA) is 20.2 Å². The van der Waals surface area contributed by atoms with E-state index in [4.69, 9.17) is 16.7 Å². The third-order valence-corrected chi connectivity index (χ3v) is 1.79. The van der Waals surface area contributed by atoms with Crippen molar-refractivity contribution in [1.29, 1.82) is 0 Å². The van der Waals surface area contributed by atoms with Crippen molar-refractivity contribution < 1.29 is 9.50 Å². The van der Waals surface area contributed by atoms with Gasteiger partial charge in [0, 0.05) is 17.2 Å². The molecule has 0 saturated heterocycles. The minimum atomic E-state index is -0.307. The first-order valence-electron chi connectivity index (χ1n) is 3.96. The van der Waals surface area contributed by atoms with Crippen molar-refractivity contribution in [2.24, 2.45) is 0 Å². The summed E-state index contributed by atoms with van der Waals surface area (Å²) in [5.74, 6) is -0.307. The van der Waals surface area contributed by atoms with Crippen LogP contribution in [0.15, 0.2) is 24.3 Å². The third kappa shape index (κ3) is 3.17. The molecule has 0 radical (unpaired) electrons. The second-order valence-corrected chi connectivity index (χ2v) is 3.02. The highest BCUT2D eigenvalue weighted by Crippen LogP contribution is 2.16. The first-order chi connectivity index (χ1) is 6.24. The smallest absolute Gasteiger partial charge is 0.130 e. The highest BCUT2D eigenvalue weighted by Gasteiger charge is 1.97.